The third-order valence-electron chi connectivity index (χ3n) is 3.24. The molecule has 1 rings (SSSR count). The minimum Gasteiger partial charge on any atom is -0.480 e. The van der Waals surface area contributed by atoms with Crippen molar-refractivity contribution in [2.24, 2.45) is 0 Å². The van der Waals surface area contributed by atoms with E-state index in [1.54, 1.807) is 4.90 Å². The van der Waals surface area contributed by atoms with Gasteiger partial charge in [-0.05, 0) is 20.5 Å². The van der Waals surface area contributed by atoms with Crippen LogP contribution in [0.25, 0.3) is 0 Å². The second-order valence-corrected chi connectivity index (χ2v) is 5.20. The van der Waals surface area contributed by atoms with Crippen LogP contribution in [0.4, 0.5) is 4.79 Å². The summed E-state index contributed by atoms with van der Waals surface area (Å²) in [4.78, 5) is 28.9. The highest BCUT2D eigenvalue weighted by atomic mass is 16.5. The van der Waals surface area contributed by atoms with E-state index in [1.165, 1.54) is 4.90 Å². The summed E-state index contributed by atoms with van der Waals surface area (Å²) < 4.78 is 5.16. The van der Waals surface area contributed by atoms with Gasteiger partial charge in [0.2, 0.25) is 0 Å². The fourth-order valence-corrected chi connectivity index (χ4v) is 2.11. The molecule has 0 saturated carbocycles. The number of carboxylic acid groups (broad SMARTS) is 1. The largest absolute Gasteiger partial charge is 0.480 e. The Labute approximate surface area is 120 Å². The van der Waals surface area contributed by atoms with Gasteiger partial charge in [0.15, 0.2) is 6.04 Å². The molecule has 2 amide bonds. The number of carbonyl (C=O) groups is 2. The number of ether oxygens (including phenoxy) is 1. The van der Waals surface area contributed by atoms with E-state index in [2.05, 4.69) is 0 Å². The SMILES string of the molecule is CCCN(CCN(C)C)C(=O)N1CCOCC1C(=O)O. The highest BCUT2D eigenvalue weighted by molar-refractivity contribution is 5.83. The van der Waals surface area contributed by atoms with Gasteiger partial charge < -0.3 is 24.5 Å². The average Bonchev–Trinajstić information content (AvgIpc) is 2.42. The van der Waals surface area contributed by atoms with Crippen LogP contribution in [0.3, 0.4) is 0 Å². The Morgan fingerprint density at radius 2 is 2.00 bits per heavy atom. The molecule has 0 aromatic rings. The van der Waals surface area contributed by atoms with Crippen molar-refractivity contribution in [3.05, 3.63) is 0 Å². The van der Waals surface area contributed by atoms with Crippen molar-refractivity contribution >= 4 is 12.0 Å². The molecule has 1 aliphatic heterocycles. The number of rotatable bonds is 6. The van der Waals surface area contributed by atoms with Gasteiger partial charge in [-0.3, -0.25) is 0 Å². The van der Waals surface area contributed by atoms with Crippen LogP contribution in [0.5, 0.6) is 0 Å². The molecule has 0 aromatic carbocycles. The number of morpholine rings is 1. The predicted molar refractivity (Wildman–Crippen MR) is 74.8 cm³/mol. The molecule has 0 aromatic heterocycles. The monoisotopic (exact) mass is 287 g/mol. The first-order chi connectivity index (χ1) is 9.47. The number of hydrogen-bond donors (Lipinski definition) is 1. The van der Waals surface area contributed by atoms with Gasteiger partial charge in [0.25, 0.3) is 0 Å². The van der Waals surface area contributed by atoms with Crippen molar-refractivity contribution in [3.63, 3.8) is 0 Å². The topological polar surface area (TPSA) is 73.3 Å². The molecule has 116 valence electrons. The molecule has 0 bridgehead atoms. The molecule has 1 fully saturated rings. The summed E-state index contributed by atoms with van der Waals surface area (Å²) in [5, 5.41) is 9.19. The van der Waals surface area contributed by atoms with Crippen LogP contribution in [0.15, 0.2) is 0 Å². The fourth-order valence-electron chi connectivity index (χ4n) is 2.11. The number of likely N-dealkylation sites (N-methyl/N-ethyl adjacent to an activating group) is 1. The number of aliphatic carboxylic acids is 1. The summed E-state index contributed by atoms with van der Waals surface area (Å²) in [6.45, 7) is 4.79. The lowest BCUT2D eigenvalue weighted by atomic mass is 10.2. The predicted octanol–water partition coefficient (Wildman–Crippen LogP) is 0.165. The molecule has 1 heterocycles. The molecule has 7 nitrogen and oxygen atoms in total. The van der Waals surface area contributed by atoms with Gasteiger partial charge >= 0.3 is 12.0 Å². The van der Waals surface area contributed by atoms with E-state index in [-0.39, 0.29) is 12.6 Å². The molecular weight excluding hydrogens is 262 g/mol. The van der Waals surface area contributed by atoms with Crippen LogP contribution in [-0.4, -0.2) is 91.3 Å². The quantitative estimate of drug-likeness (QED) is 0.753. The van der Waals surface area contributed by atoms with Crippen LogP contribution < -0.4 is 0 Å². The molecule has 20 heavy (non-hydrogen) atoms. The van der Waals surface area contributed by atoms with E-state index in [1.807, 2.05) is 25.9 Å². The smallest absolute Gasteiger partial charge is 0.328 e. The van der Waals surface area contributed by atoms with E-state index >= 15 is 0 Å². The zero-order chi connectivity index (χ0) is 15.1. The Morgan fingerprint density at radius 1 is 1.30 bits per heavy atom. The normalized spacial score (nSPS) is 19.2. The van der Waals surface area contributed by atoms with Gasteiger partial charge in [0, 0.05) is 26.2 Å². The number of amides is 2. The van der Waals surface area contributed by atoms with Crippen LogP contribution in [0.2, 0.25) is 0 Å². The fraction of sp³-hybridized carbons (Fsp3) is 0.846. The van der Waals surface area contributed by atoms with Gasteiger partial charge in [-0.25, -0.2) is 9.59 Å². The van der Waals surface area contributed by atoms with Crippen molar-refractivity contribution in [2.75, 3.05) is 53.5 Å². The first kappa shape index (κ1) is 16.7. The lowest BCUT2D eigenvalue weighted by molar-refractivity contribution is -0.147. The summed E-state index contributed by atoms with van der Waals surface area (Å²) >= 11 is 0. The Morgan fingerprint density at radius 3 is 2.55 bits per heavy atom. The standard InChI is InChI=1S/C13H25N3O4/c1-4-5-15(7-6-14(2)3)13(19)16-8-9-20-10-11(16)12(17)18/h11H,4-10H2,1-3H3,(H,17,18). The number of urea groups is 1. The minimum atomic E-state index is -1.01. The van der Waals surface area contributed by atoms with Gasteiger partial charge in [-0.2, -0.15) is 0 Å². The molecule has 7 heteroatoms. The van der Waals surface area contributed by atoms with Crippen LogP contribution in [0, 0.1) is 0 Å². The molecule has 1 atom stereocenters. The van der Waals surface area contributed by atoms with Crippen LogP contribution >= 0.6 is 0 Å². The van der Waals surface area contributed by atoms with E-state index < -0.39 is 12.0 Å². The van der Waals surface area contributed by atoms with Crippen LogP contribution in [0.1, 0.15) is 13.3 Å². The first-order valence-electron chi connectivity index (χ1n) is 6.98. The zero-order valence-electron chi connectivity index (χ0n) is 12.5. The van der Waals surface area contributed by atoms with Crippen molar-refractivity contribution in [2.45, 2.75) is 19.4 Å². The summed E-state index contributed by atoms with van der Waals surface area (Å²) in [6, 6.07) is -1.08. The van der Waals surface area contributed by atoms with Crippen molar-refractivity contribution < 1.29 is 19.4 Å². The van der Waals surface area contributed by atoms with Crippen molar-refractivity contribution in [1.82, 2.24) is 14.7 Å². The summed E-state index contributed by atoms with van der Waals surface area (Å²) in [7, 11) is 3.90. The van der Waals surface area contributed by atoms with E-state index in [0.29, 0.717) is 26.2 Å². The van der Waals surface area contributed by atoms with Gasteiger partial charge in [-0.1, -0.05) is 6.92 Å². The maximum Gasteiger partial charge on any atom is 0.328 e. The van der Waals surface area contributed by atoms with E-state index in [9.17, 15) is 14.7 Å². The van der Waals surface area contributed by atoms with Gasteiger partial charge in [0.1, 0.15) is 0 Å². The highest BCUT2D eigenvalue weighted by Crippen LogP contribution is 2.11. The van der Waals surface area contributed by atoms with Crippen molar-refractivity contribution in [3.8, 4) is 0 Å². The summed E-state index contributed by atoms with van der Waals surface area (Å²) in [5.74, 6) is -1.01. The molecule has 0 aliphatic carbocycles. The molecular formula is C13H25N3O4. The third-order valence-corrected chi connectivity index (χ3v) is 3.24. The molecule has 1 N–H and O–H groups in total. The van der Waals surface area contributed by atoms with E-state index in [0.717, 1.165) is 13.0 Å². The second kappa shape index (κ2) is 8.06. The third kappa shape index (κ3) is 4.64. The first-order valence-corrected chi connectivity index (χ1v) is 6.98. The molecule has 1 unspecified atom stereocenters. The summed E-state index contributed by atoms with van der Waals surface area (Å²) in [5.41, 5.74) is 0. The number of carboxylic acids is 1. The van der Waals surface area contributed by atoms with Gasteiger partial charge in [0.05, 0.1) is 13.2 Å². The average molecular weight is 287 g/mol. The van der Waals surface area contributed by atoms with Gasteiger partial charge in [-0.15, -0.1) is 0 Å². The molecule has 0 radical (unpaired) electrons. The second-order valence-electron chi connectivity index (χ2n) is 5.20. The minimum absolute atomic E-state index is 0.0642. The molecule has 1 aliphatic rings. The maximum atomic E-state index is 12.5. The Hall–Kier alpha value is -1.34. The van der Waals surface area contributed by atoms with E-state index in [4.69, 9.17) is 4.74 Å². The molecule has 0 spiro atoms. The van der Waals surface area contributed by atoms with Crippen LogP contribution in [-0.2, 0) is 9.53 Å². The Bertz CT molecular complexity index is 336. The number of carbonyl (C=O) groups excluding carboxylic acids is 1. The number of nitrogens with zero attached hydrogens (tertiary/aromatic N) is 3. The Balaban J connectivity index is 2.72. The zero-order valence-corrected chi connectivity index (χ0v) is 12.5. The number of hydrogen-bond acceptors (Lipinski definition) is 4. The highest BCUT2D eigenvalue weighted by Gasteiger charge is 2.34. The molecule has 1 saturated heterocycles. The summed E-state index contributed by atoms with van der Waals surface area (Å²) in [6.07, 6.45) is 0.848. The Kier molecular flexibility index (Phi) is 6.74. The maximum absolute atomic E-state index is 12.5. The van der Waals surface area contributed by atoms with Crippen molar-refractivity contribution in [1.29, 1.82) is 0 Å². The lowest BCUT2D eigenvalue weighted by Crippen LogP contribution is -2.57. The lowest BCUT2D eigenvalue weighted by Gasteiger charge is -2.37.